The molecule has 1 saturated heterocycles. The molecule has 0 aromatic rings. The molecule has 0 amide bonds. The maximum atomic E-state index is 12.4. The lowest BCUT2D eigenvalue weighted by Gasteiger charge is -2.03. The molecule has 1 heterocycles. The van der Waals surface area contributed by atoms with Crippen LogP contribution in [0, 0.1) is 0 Å². The molecule has 1 fully saturated rings. The number of carboxylic acid groups (broad SMARTS) is 1. The van der Waals surface area contributed by atoms with Crippen molar-refractivity contribution in [1.82, 2.24) is 5.32 Å². The quantitative estimate of drug-likeness (QED) is 0.585. The Morgan fingerprint density at radius 2 is 2.50 bits per heavy atom. The zero-order valence-electron chi connectivity index (χ0n) is 5.51. The smallest absolute Gasteiger partial charge is 0.304 e. The summed E-state index contributed by atoms with van der Waals surface area (Å²) >= 11 is 0. The van der Waals surface area contributed by atoms with E-state index in [2.05, 4.69) is 5.32 Å². The molecule has 0 spiro atoms. The van der Waals surface area contributed by atoms with E-state index in [0.717, 1.165) is 0 Å². The molecular formula is C6H10FNO2. The van der Waals surface area contributed by atoms with Crippen molar-refractivity contribution in [2.45, 2.75) is 25.1 Å². The Labute approximate surface area is 58.2 Å². The Hall–Kier alpha value is -0.640. The van der Waals surface area contributed by atoms with Crippen LogP contribution in [0.2, 0.25) is 0 Å². The number of nitrogens with one attached hydrogen (secondary N) is 1. The number of rotatable bonds is 2. The Morgan fingerprint density at radius 3 is 2.90 bits per heavy atom. The largest absolute Gasteiger partial charge is 0.481 e. The SMILES string of the molecule is O=C(O)CC1CC(F)CN1. The highest BCUT2D eigenvalue weighted by atomic mass is 19.1. The van der Waals surface area contributed by atoms with Gasteiger partial charge in [-0.25, -0.2) is 4.39 Å². The normalized spacial score (nSPS) is 32.5. The summed E-state index contributed by atoms with van der Waals surface area (Å²) in [5.41, 5.74) is 0. The molecule has 1 aliphatic rings. The first kappa shape index (κ1) is 7.47. The van der Waals surface area contributed by atoms with Crippen LogP contribution in [-0.4, -0.2) is 29.8 Å². The van der Waals surface area contributed by atoms with E-state index in [1.165, 1.54) is 0 Å². The Balaban J connectivity index is 2.24. The first-order chi connectivity index (χ1) is 4.68. The van der Waals surface area contributed by atoms with Crippen molar-refractivity contribution < 1.29 is 14.3 Å². The van der Waals surface area contributed by atoms with Crippen molar-refractivity contribution in [3.8, 4) is 0 Å². The van der Waals surface area contributed by atoms with Crippen molar-refractivity contribution in [2.75, 3.05) is 6.54 Å². The van der Waals surface area contributed by atoms with Crippen molar-refractivity contribution in [1.29, 1.82) is 0 Å². The van der Waals surface area contributed by atoms with Gasteiger partial charge < -0.3 is 10.4 Å². The van der Waals surface area contributed by atoms with E-state index in [1.807, 2.05) is 0 Å². The molecule has 1 aliphatic heterocycles. The third-order valence-electron chi connectivity index (χ3n) is 1.59. The van der Waals surface area contributed by atoms with E-state index in [0.29, 0.717) is 13.0 Å². The molecule has 0 aromatic heterocycles. The zero-order valence-corrected chi connectivity index (χ0v) is 5.51. The predicted molar refractivity (Wildman–Crippen MR) is 33.6 cm³/mol. The fourth-order valence-electron chi connectivity index (χ4n) is 1.14. The minimum absolute atomic E-state index is 0.0282. The molecule has 4 heteroatoms. The van der Waals surface area contributed by atoms with Gasteiger partial charge in [-0.05, 0) is 6.42 Å². The van der Waals surface area contributed by atoms with Gasteiger partial charge in [-0.1, -0.05) is 0 Å². The lowest BCUT2D eigenvalue weighted by atomic mass is 10.1. The van der Waals surface area contributed by atoms with Crippen LogP contribution in [0.1, 0.15) is 12.8 Å². The van der Waals surface area contributed by atoms with Crippen LogP contribution >= 0.6 is 0 Å². The van der Waals surface area contributed by atoms with Crippen LogP contribution in [0.5, 0.6) is 0 Å². The number of carboxylic acids is 1. The monoisotopic (exact) mass is 147 g/mol. The van der Waals surface area contributed by atoms with Gasteiger partial charge in [0, 0.05) is 12.6 Å². The molecular weight excluding hydrogens is 137 g/mol. The summed E-state index contributed by atoms with van der Waals surface area (Å²) in [6, 6.07) is -0.160. The topological polar surface area (TPSA) is 49.3 Å². The van der Waals surface area contributed by atoms with Gasteiger partial charge in [0.05, 0.1) is 6.42 Å². The summed E-state index contributed by atoms with van der Waals surface area (Å²) in [5, 5.41) is 11.1. The van der Waals surface area contributed by atoms with Crippen LogP contribution < -0.4 is 5.32 Å². The molecule has 0 radical (unpaired) electrons. The van der Waals surface area contributed by atoms with Crippen molar-refractivity contribution in [3.63, 3.8) is 0 Å². The highest BCUT2D eigenvalue weighted by Gasteiger charge is 2.24. The van der Waals surface area contributed by atoms with E-state index in [1.54, 1.807) is 0 Å². The molecule has 2 unspecified atom stereocenters. The van der Waals surface area contributed by atoms with E-state index < -0.39 is 12.1 Å². The first-order valence-corrected chi connectivity index (χ1v) is 3.27. The van der Waals surface area contributed by atoms with E-state index in [4.69, 9.17) is 5.11 Å². The van der Waals surface area contributed by atoms with Gasteiger partial charge in [0.25, 0.3) is 0 Å². The lowest BCUT2D eigenvalue weighted by Crippen LogP contribution is -2.24. The second-order valence-corrected chi connectivity index (χ2v) is 2.54. The number of aliphatic carboxylic acids is 1. The molecule has 0 aliphatic carbocycles. The lowest BCUT2D eigenvalue weighted by molar-refractivity contribution is -0.137. The van der Waals surface area contributed by atoms with E-state index in [9.17, 15) is 9.18 Å². The molecule has 0 saturated carbocycles. The van der Waals surface area contributed by atoms with Gasteiger partial charge in [-0.2, -0.15) is 0 Å². The van der Waals surface area contributed by atoms with E-state index in [-0.39, 0.29) is 12.5 Å². The highest BCUT2D eigenvalue weighted by molar-refractivity contribution is 5.67. The van der Waals surface area contributed by atoms with Crippen LogP contribution in [-0.2, 0) is 4.79 Å². The minimum Gasteiger partial charge on any atom is -0.481 e. The minimum atomic E-state index is -0.869. The Morgan fingerprint density at radius 1 is 1.80 bits per heavy atom. The summed E-state index contributed by atoms with van der Waals surface area (Å²) < 4.78 is 12.4. The Bertz CT molecular complexity index is 140. The van der Waals surface area contributed by atoms with Crippen molar-refractivity contribution in [2.24, 2.45) is 0 Å². The predicted octanol–water partition coefficient (Wildman–Crippen LogP) is 0.161. The standard InChI is InChI=1S/C6H10FNO2/c7-4-1-5(8-3-4)2-6(9)10/h4-5,8H,1-3H2,(H,9,10). The van der Waals surface area contributed by atoms with Gasteiger partial charge >= 0.3 is 5.97 Å². The van der Waals surface area contributed by atoms with E-state index >= 15 is 0 Å². The van der Waals surface area contributed by atoms with Crippen LogP contribution in [0.25, 0.3) is 0 Å². The maximum absolute atomic E-state index is 12.4. The van der Waals surface area contributed by atoms with Gasteiger partial charge in [0.1, 0.15) is 6.17 Å². The first-order valence-electron chi connectivity index (χ1n) is 3.27. The summed E-state index contributed by atoms with van der Waals surface area (Å²) in [7, 11) is 0. The summed E-state index contributed by atoms with van der Waals surface area (Å²) in [4.78, 5) is 10.1. The molecule has 1 rings (SSSR count). The molecule has 2 atom stereocenters. The Kier molecular flexibility index (Phi) is 2.21. The second kappa shape index (κ2) is 2.96. The van der Waals surface area contributed by atoms with Gasteiger partial charge in [0.2, 0.25) is 0 Å². The summed E-state index contributed by atoms with van der Waals surface area (Å²) in [6.45, 7) is 0.304. The van der Waals surface area contributed by atoms with Crippen molar-refractivity contribution >= 4 is 5.97 Å². The number of alkyl halides is 1. The molecule has 0 bridgehead atoms. The molecule has 10 heavy (non-hydrogen) atoms. The van der Waals surface area contributed by atoms with Crippen LogP contribution in [0.15, 0.2) is 0 Å². The summed E-state index contributed by atoms with van der Waals surface area (Å²) in [5.74, 6) is -0.869. The highest BCUT2D eigenvalue weighted by Crippen LogP contribution is 2.12. The molecule has 0 aromatic carbocycles. The third-order valence-corrected chi connectivity index (χ3v) is 1.59. The average molecular weight is 147 g/mol. The molecule has 58 valence electrons. The average Bonchev–Trinajstić information content (AvgIpc) is 2.13. The third kappa shape index (κ3) is 1.95. The summed E-state index contributed by atoms with van der Waals surface area (Å²) in [6.07, 6.45) is -0.489. The van der Waals surface area contributed by atoms with Crippen molar-refractivity contribution in [3.05, 3.63) is 0 Å². The van der Waals surface area contributed by atoms with Crippen LogP contribution in [0.3, 0.4) is 0 Å². The second-order valence-electron chi connectivity index (χ2n) is 2.54. The van der Waals surface area contributed by atoms with Gasteiger partial charge in [-0.3, -0.25) is 4.79 Å². The number of hydrogen-bond donors (Lipinski definition) is 2. The number of hydrogen-bond acceptors (Lipinski definition) is 2. The molecule has 2 N–H and O–H groups in total. The van der Waals surface area contributed by atoms with Gasteiger partial charge in [-0.15, -0.1) is 0 Å². The molecule has 3 nitrogen and oxygen atoms in total. The maximum Gasteiger partial charge on any atom is 0.304 e. The fraction of sp³-hybridized carbons (Fsp3) is 0.833. The zero-order chi connectivity index (χ0) is 7.56. The number of carbonyl (C=O) groups is 1. The van der Waals surface area contributed by atoms with Crippen LogP contribution in [0.4, 0.5) is 4.39 Å². The number of halogens is 1. The fourth-order valence-corrected chi connectivity index (χ4v) is 1.14. The van der Waals surface area contributed by atoms with Gasteiger partial charge in [0.15, 0.2) is 0 Å².